The Kier molecular flexibility index (Phi) is 8.33. The molecule has 4 nitrogen and oxygen atoms in total. The summed E-state index contributed by atoms with van der Waals surface area (Å²) in [4.78, 5) is 0. The van der Waals surface area contributed by atoms with Crippen LogP contribution in [0.4, 0.5) is 4.39 Å². The van der Waals surface area contributed by atoms with Crippen LogP contribution in [0.1, 0.15) is 71.9 Å². The second-order valence-electron chi connectivity index (χ2n) is 11.5. The Hall–Kier alpha value is -3.49. The molecular formula is C33H37FO4. The van der Waals surface area contributed by atoms with E-state index in [2.05, 4.69) is 11.8 Å². The summed E-state index contributed by atoms with van der Waals surface area (Å²) in [6, 6.07) is 18.2. The third-order valence-electron chi connectivity index (χ3n) is 5.67. The zero-order chi connectivity index (χ0) is 27.3. The lowest BCUT2D eigenvalue weighted by Crippen LogP contribution is -2.25. The van der Waals surface area contributed by atoms with Gasteiger partial charge in [-0.15, -0.1) is 0 Å². The van der Waals surface area contributed by atoms with Crippen molar-refractivity contribution in [1.29, 1.82) is 0 Å². The second kappa shape index (κ2) is 11.5. The summed E-state index contributed by atoms with van der Waals surface area (Å²) in [5.74, 6) is 7.69. The molecule has 1 fully saturated rings. The van der Waals surface area contributed by atoms with Crippen LogP contribution in [0.15, 0.2) is 60.7 Å². The van der Waals surface area contributed by atoms with E-state index in [9.17, 15) is 0 Å². The fourth-order valence-electron chi connectivity index (χ4n) is 4.07. The van der Waals surface area contributed by atoms with Crippen molar-refractivity contribution < 1.29 is 23.3 Å². The van der Waals surface area contributed by atoms with Crippen molar-refractivity contribution in [2.75, 3.05) is 6.61 Å². The van der Waals surface area contributed by atoms with Gasteiger partial charge < -0.3 is 18.9 Å². The van der Waals surface area contributed by atoms with Gasteiger partial charge in [0, 0.05) is 17.5 Å². The number of halogens is 1. The summed E-state index contributed by atoms with van der Waals surface area (Å²) >= 11 is 0. The van der Waals surface area contributed by atoms with Crippen molar-refractivity contribution in [3.63, 3.8) is 0 Å². The molecule has 0 aliphatic carbocycles. The molecule has 1 aliphatic heterocycles. The molecule has 0 amide bonds. The normalized spacial score (nSPS) is 15.8. The number of hydrogen-bond acceptors (Lipinski definition) is 4. The van der Waals surface area contributed by atoms with E-state index < -0.39 is 5.82 Å². The first-order valence-corrected chi connectivity index (χ1v) is 13.2. The predicted molar refractivity (Wildman–Crippen MR) is 149 cm³/mol. The smallest absolute Gasteiger partial charge is 0.199 e. The number of hydrogen-bond donors (Lipinski definition) is 0. The SMILES string of the molecule is CC(C)(C)Oc1ccc(C#Cc2cc(OC3CCCCO3)c(-c3ccc(OC(C)(C)C)cc3)cc2F)cc1. The minimum Gasteiger partial charge on any atom is -0.488 e. The van der Waals surface area contributed by atoms with Crippen LogP contribution in [0.5, 0.6) is 17.2 Å². The lowest BCUT2D eigenvalue weighted by Gasteiger charge is -2.25. The van der Waals surface area contributed by atoms with E-state index >= 15 is 4.39 Å². The van der Waals surface area contributed by atoms with Gasteiger partial charge in [0.05, 0.1) is 12.2 Å². The quantitative estimate of drug-likeness (QED) is 0.321. The highest BCUT2D eigenvalue weighted by molar-refractivity contribution is 5.72. The van der Waals surface area contributed by atoms with Crippen LogP contribution < -0.4 is 14.2 Å². The van der Waals surface area contributed by atoms with Gasteiger partial charge in [-0.3, -0.25) is 0 Å². The summed E-state index contributed by atoms with van der Waals surface area (Å²) in [5.41, 5.74) is 1.92. The first kappa shape index (κ1) is 27.5. The highest BCUT2D eigenvalue weighted by Gasteiger charge is 2.20. The molecule has 1 unspecified atom stereocenters. The molecule has 0 saturated carbocycles. The summed E-state index contributed by atoms with van der Waals surface area (Å²) < 4.78 is 39.2. The Morgan fingerprint density at radius 2 is 1.39 bits per heavy atom. The van der Waals surface area contributed by atoms with E-state index in [1.54, 1.807) is 6.07 Å². The van der Waals surface area contributed by atoms with Gasteiger partial charge in [0.2, 0.25) is 0 Å². The lowest BCUT2D eigenvalue weighted by molar-refractivity contribution is -0.105. The zero-order valence-electron chi connectivity index (χ0n) is 23.2. The van der Waals surface area contributed by atoms with Crippen LogP contribution in [-0.4, -0.2) is 24.1 Å². The van der Waals surface area contributed by atoms with Gasteiger partial charge in [-0.25, -0.2) is 4.39 Å². The van der Waals surface area contributed by atoms with Crippen LogP contribution in [0, 0.1) is 17.7 Å². The standard InChI is InChI=1S/C33H37FO4/c1-32(2,3)37-26-16-11-23(12-17-26)10-13-25-21-30(36-31-9-7-8-20-35-31)28(22-29(25)34)24-14-18-27(19-15-24)38-33(4,5)6/h11-12,14-19,21-22,31H,7-9,20H2,1-6H3. The molecule has 200 valence electrons. The summed E-state index contributed by atoms with van der Waals surface area (Å²) in [6.45, 7) is 12.7. The van der Waals surface area contributed by atoms with Gasteiger partial charge >= 0.3 is 0 Å². The maximum Gasteiger partial charge on any atom is 0.199 e. The molecule has 0 N–H and O–H groups in total. The molecule has 0 aromatic heterocycles. The molecule has 1 saturated heterocycles. The third kappa shape index (κ3) is 8.00. The molecule has 1 aliphatic rings. The van der Waals surface area contributed by atoms with Crippen LogP contribution in [-0.2, 0) is 4.74 Å². The molecule has 3 aromatic carbocycles. The molecule has 3 aromatic rings. The Labute approximate surface area is 226 Å². The Morgan fingerprint density at radius 3 is 1.95 bits per heavy atom. The largest absolute Gasteiger partial charge is 0.488 e. The van der Waals surface area contributed by atoms with Gasteiger partial charge in [-0.05, 0) is 108 Å². The van der Waals surface area contributed by atoms with E-state index in [1.807, 2.05) is 90.1 Å². The van der Waals surface area contributed by atoms with Crippen molar-refractivity contribution in [2.45, 2.75) is 78.3 Å². The van der Waals surface area contributed by atoms with Gasteiger partial charge in [0.25, 0.3) is 0 Å². The highest BCUT2D eigenvalue weighted by atomic mass is 19.1. The Balaban J connectivity index is 1.63. The fourth-order valence-corrected chi connectivity index (χ4v) is 4.07. The Morgan fingerprint density at radius 1 is 0.789 bits per heavy atom. The third-order valence-corrected chi connectivity index (χ3v) is 5.67. The van der Waals surface area contributed by atoms with Gasteiger partial charge in [-0.1, -0.05) is 24.0 Å². The van der Waals surface area contributed by atoms with Crippen LogP contribution in [0.3, 0.4) is 0 Å². The Bertz CT molecular complexity index is 1280. The number of ether oxygens (including phenoxy) is 4. The molecule has 0 bridgehead atoms. The van der Waals surface area contributed by atoms with Crippen molar-refractivity contribution in [2.24, 2.45) is 0 Å². The average molecular weight is 517 g/mol. The number of benzene rings is 3. The number of rotatable bonds is 5. The topological polar surface area (TPSA) is 36.9 Å². The van der Waals surface area contributed by atoms with Crippen molar-refractivity contribution in [3.05, 3.63) is 77.6 Å². The monoisotopic (exact) mass is 516 g/mol. The van der Waals surface area contributed by atoms with Crippen molar-refractivity contribution in [3.8, 4) is 40.2 Å². The lowest BCUT2D eigenvalue weighted by atomic mass is 10.0. The molecule has 4 rings (SSSR count). The van der Waals surface area contributed by atoms with E-state index in [0.29, 0.717) is 17.9 Å². The minimum absolute atomic E-state index is 0.266. The predicted octanol–water partition coefficient (Wildman–Crippen LogP) is 8.15. The molecule has 0 spiro atoms. The van der Waals surface area contributed by atoms with Crippen LogP contribution in [0.2, 0.25) is 0 Å². The van der Waals surface area contributed by atoms with Crippen LogP contribution >= 0.6 is 0 Å². The second-order valence-corrected chi connectivity index (χ2v) is 11.5. The first-order chi connectivity index (χ1) is 17.9. The molecule has 1 heterocycles. The summed E-state index contributed by atoms with van der Waals surface area (Å²) in [5, 5.41) is 0. The van der Waals surface area contributed by atoms with E-state index in [0.717, 1.165) is 41.9 Å². The fraction of sp³-hybridized carbons (Fsp3) is 0.394. The van der Waals surface area contributed by atoms with E-state index in [1.165, 1.54) is 6.07 Å². The van der Waals surface area contributed by atoms with Crippen molar-refractivity contribution >= 4 is 0 Å². The average Bonchev–Trinajstić information content (AvgIpc) is 2.84. The molecular weight excluding hydrogens is 479 g/mol. The van der Waals surface area contributed by atoms with Gasteiger partial charge in [0.1, 0.15) is 34.3 Å². The zero-order valence-corrected chi connectivity index (χ0v) is 23.2. The highest BCUT2D eigenvalue weighted by Crippen LogP contribution is 2.35. The molecule has 1 atom stereocenters. The molecule has 0 radical (unpaired) electrons. The first-order valence-electron chi connectivity index (χ1n) is 13.2. The van der Waals surface area contributed by atoms with Crippen molar-refractivity contribution in [1.82, 2.24) is 0 Å². The van der Waals surface area contributed by atoms with Gasteiger partial charge in [-0.2, -0.15) is 0 Å². The van der Waals surface area contributed by atoms with Crippen LogP contribution in [0.25, 0.3) is 11.1 Å². The molecule has 5 heteroatoms. The summed E-state index contributed by atoms with van der Waals surface area (Å²) in [7, 11) is 0. The van der Waals surface area contributed by atoms with E-state index in [4.69, 9.17) is 18.9 Å². The van der Waals surface area contributed by atoms with Gasteiger partial charge in [0.15, 0.2) is 6.29 Å². The minimum atomic E-state index is -0.410. The maximum absolute atomic E-state index is 15.3. The molecule has 38 heavy (non-hydrogen) atoms. The summed E-state index contributed by atoms with van der Waals surface area (Å²) in [6.07, 6.45) is 2.47. The maximum atomic E-state index is 15.3. The van der Waals surface area contributed by atoms with E-state index in [-0.39, 0.29) is 23.1 Å².